The van der Waals surface area contributed by atoms with E-state index in [2.05, 4.69) is 0 Å². The number of ether oxygens (including phenoxy) is 1. The van der Waals surface area contributed by atoms with Crippen LogP contribution in [0, 0.1) is 5.82 Å². The zero-order chi connectivity index (χ0) is 20.0. The average molecular weight is 377 g/mol. The van der Waals surface area contributed by atoms with Crippen LogP contribution in [-0.2, 0) is 6.42 Å². The fourth-order valence-electron chi connectivity index (χ4n) is 3.64. The lowest BCUT2D eigenvalue weighted by atomic mass is 9.93. The minimum atomic E-state index is -1.03. The van der Waals surface area contributed by atoms with E-state index in [0.717, 1.165) is 22.3 Å². The van der Waals surface area contributed by atoms with E-state index in [1.807, 2.05) is 6.07 Å². The fourth-order valence-corrected chi connectivity index (χ4v) is 3.64. The van der Waals surface area contributed by atoms with E-state index in [9.17, 15) is 19.1 Å². The maximum atomic E-state index is 14.2. The van der Waals surface area contributed by atoms with Gasteiger partial charge in [0.1, 0.15) is 0 Å². The summed E-state index contributed by atoms with van der Waals surface area (Å²) in [6.07, 6.45) is 0.486. The number of primary amides is 1. The Morgan fingerprint density at radius 2 is 1.82 bits per heavy atom. The number of carbonyl (C=O) groups excluding carboxylic acids is 1. The van der Waals surface area contributed by atoms with Gasteiger partial charge in [-0.1, -0.05) is 12.1 Å². The SMILES string of the molecule is COc1ccc(-c2cc(C(N)=O)c3c(c2)-c2cc(C(=O)O)ccc2C3)cc1F. The number of nitrogens with two attached hydrogens (primary N) is 1. The molecule has 0 bridgehead atoms. The van der Waals surface area contributed by atoms with Gasteiger partial charge in [0.05, 0.1) is 12.7 Å². The lowest BCUT2D eigenvalue weighted by Crippen LogP contribution is -2.13. The van der Waals surface area contributed by atoms with Crippen molar-refractivity contribution in [2.45, 2.75) is 6.42 Å². The largest absolute Gasteiger partial charge is 0.494 e. The van der Waals surface area contributed by atoms with Gasteiger partial charge in [-0.2, -0.15) is 0 Å². The van der Waals surface area contributed by atoms with Crippen molar-refractivity contribution in [2.24, 2.45) is 5.73 Å². The molecule has 0 aliphatic heterocycles. The van der Waals surface area contributed by atoms with Crippen molar-refractivity contribution >= 4 is 11.9 Å². The summed E-state index contributed by atoms with van der Waals surface area (Å²) in [5, 5.41) is 9.29. The number of amides is 1. The Labute approximate surface area is 160 Å². The summed E-state index contributed by atoms with van der Waals surface area (Å²) in [6, 6.07) is 12.9. The van der Waals surface area contributed by atoms with Gasteiger partial charge in [0.15, 0.2) is 11.6 Å². The van der Waals surface area contributed by atoms with Crippen LogP contribution in [-0.4, -0.2) is 24.1 Å². The Kier molecular flexibility index (Phi) is 4.11. The standard InChI is InChI=1S/C22H16FNO4/c1-28-20-5-4-11(10-19(20)23)14-8-16-15-7-13(22(26)27)3-2-12(15)6-17(16)18(9-14)21(24)25/h2-5,7-10H,6H2,1H3,(H2,24,25)(H,26,27). The number of carboxylic acids is 1. The number of carboxylic acid groups (broad SMARTS) is 1. The maximum absolute atomic E-state index is 14.2. The van der Waals surface area contributed by atoms with E-state index in [0.29, 0.717) is 23.1 Å². The Morgan fingerprint density at radius 1 is 1.04 bits per heavy atom. The topological polar surface area (TPSA) is 89.6 Å². The minimum absolute atomic E-state index is 0.122. The van der Waals surface area contributed by atoms with Crippen molar-refractivity contribution in [3.05, 3.63) is 76.6 Å². The number of carbonyl (C=O) groups is 2. The first kappa shape index (κ1) is 17.7. The molecular weight excluding hydrogens is 361 g/mol. The number of methoxy groups -OCH3 is 1. The first-order valence-electron chi connectivity index (χ1n) is 8.56. The van der Waals surface area contributed by atoms with Crippen LogP contribution in [0.5, 0.6) is 5.75 Å². The van der Waals surface area contributed by atoms with Gasteiger partial charge in [0.25, 0.3) is 0 Å². The molecule has 0 heterocycles. The van der Waals surface area contributed by atoms with Crippen molar-refractivity contribution in [3.8, 4) is 28.0 Å². The molecule has 4 rings (SSSR count). The third-order valence-electron chi connectivity index (χ3n) is 5.01. The van der Waals surface area contributed by atoms with E-state index in [4.69, 9.17) is 10.5 Å². The van der Waals surface area contributed by atoms with Gasteiger partial charge in [0, 0.05) is 5.56 Å². The molecule has 1 aliphatic rings. The average Bonchev–Trinajstić information content (AvgIpc) is 3.04. The molecule has 3 aromatic carbocycles. The predicted octanol–water partition coefficient (Wildman–Crippen LogP) is 3.87. The van der Waals surface area contributed by atoms with Crippen LogP contribution < -0.4 is 10.5 Å². The second-order valence-electron chi connectivity index (χ2n) is 6.62. The minimum Gasteiger partial charge on any atom is -0.494 e. The van der Waals surface area contributed by atoms with E-state index in [1.165, 1.54) is 25.3 Å². The van der Waals surface area contributed by atoms with E-state index in [-0.39, 0.29) is 11.3 Å². The molecule has 5 nitrogen and oxygen atoms in total. The predicted molar refractivity (Wildman–Crippen MR) is 102 cm³/mol. The molecule has 0 atom stereocenters. The fraction of sp³-hybridized carbons (Fsp3) is 0.0909. The summed E-state index contributed by atoms with van der Waals surface area (Å²) in [5.74, 6) is -2.01. The third-order valence-corrected chi connectivity index (χ3v) is 5.01. The number of hydrogen-bond acceptors (Lipinski definition) is 3. The first-order valence-corrected chi connectivity index (χ1v) is 8.56. The summed E-state index contributed by atoms with van der Waals surface area (Å²) in [4.78, 5) is 23.4. The second kappa shape index (κ2) is 6.49. The zero-order valence-electron chi connectivity index (χ0n) is 15.0. The van der Waals surface area contributed by atoms with Crippen LogP contribution in [0.1, 0.15) is 31.8 Å². The molecule has 0 spiro atoms. The highest BCUT2D eigenvalue weighted by molar-refractivity contribution is 6.01. The maximum Gasteiger partial charge on any atom is 0.335 e. The number of fused-ring (bicyclic) bond motifs is 3. The molecule has 28 heavy (non-hydrogen) atoms. The molecule has 3 aromatic rings. The van der Waals surface area contributed by atoms with E-state index >= 15 is 0 Å². The Hall–Kier alpha value is -3.67. The number of aromatic carboxylic acids is 1. The summed E-state index contributed by atoms with van der Waals surface area (Å²) < 4.78 is 19.1. The van der Waals surface area contributed by atoms with E-state index in [1.54, 1.807) is 24.3 Å². The van der Waals surface area contributed by atoms with Crippen molar-refractivity contribution in [1.29, 1.82) is 0 Å². The van der Waals surface area contributed by atoms with Crippen molar-refractivity contribution < 1.29 is 23.8 Å². The molecular formula is C22H16FNO4. The van der Waals surface area contributed by atoms with Gasteiger partial charge in [-0.15, -0.1) is 0 Å². The Morgan fingerprint density at radius 3 is 2.46 bits per heavy atom. The Balaban J connectivity index is 1.93. The highest BCUT2D eigenvalue weighted by Gasteiger charge is 2.25. The lowest BCUT2D eigenvalue weighted by molar-refractivity contribution is 0.0696. The zero-order valence-corrected chi connectivity index (χ0v) is 15.0. The molecule has 0 saturated carbocycles. The quantitative estimate of drug-likeness (QED) is 0.565. The highest BCUT2D eigenvalue weighted by Crippen LogP contribution is 2.41. The molecule has 0 saturated heterocycles. The molecule has 0 fully saturated rings. The Bertz CT molecular complexity index is 1150. The van der Waals surface area contributed by atoms with Gasteiger partial charge in [-0.3, -0.25) is 4.79 Å². The summed E-state index contributed by atoms with van der Waals surface area (Å²) in [7, 11) is 1.38. The molecule has 140 valence electrons. The van der Waals surface area contributed by atoms with Gasteiger partial charge >= 0.3 is 5.97 Å². The van der Waals surface area contributed by atoms with Crippen LogP contribution in [0.3, 0.4) is 0 Å². The van der Waals surface area contributed by atoms with Crippen LogP contribution in [0.2, 0.25) is 0 Å². The van der Waals surface area contributed by atoms with E-state index < -0.39 is 17.7 Å². The molecule has 0 aromatic heterocycles. The number of rotatable bonds is 4. The summed E-state index contributed by atoms with van der Waals surface area (Å²) >= 11 is 0. The monoisotopic (exact) mass is 377 g/mol. The van der Waals surface area contributed by atoms with Crippen molar-refractivity contribution in [3.63, 3.8) is 0 Å². The molecule has 1 aliphatic carbocycles. The molecule has 0 radical (unpaired) electrons. The smallest absolute Gasteiger partial charge is 0.335 e. The van der Waals surface area contributed by atoms with Crippen molar-refractivity contribution in [1.82, 2.24) is 0 Å². The summed E-state index contributed by atoms with van der Waals surface area (Å²) in [5.41, 5.74) is 10.4. The van der Waals surface area contributed by atoms with Crippen LogP contribution in [0.15, 0.2) is 48.5 Å². The molecule has 3 N–H and O–H groups in total. The van der Waals surface area contributed by atoms with Crippen LogP contribution in [0.4, 0.5) is 4.39 Å². The molecule has 1 amide bonds. The normalized spacial score (nSPS) is 11.6. The number of benzene rings is 3. The van der Waals surface area contributed by atoms with Gasteiger partial charge in [0.2, 0.25) is 5.91 Å². The van der Waals surface area contributed by atoms with Gasteiger partial charge < -0.3 is 15.6 Å². The summed E-state index contributed by atoms with van der Waals surface area (Å²) in [6.45, 7) is 0. The third kappa shape index (κ3) is 2.79. The first-order chi connectivity index (χ1) is 13.4. The van der Waals surface area contributed by atoms with Crippen LogP contribution in [0.25, 0.3) is 22.3 Å². The molecule has 0 unspecified atom stereocenters. The van der Waals surface area contributed by atoms with Gasteiger partial charge in [-0.05, 0) is 76.2 Å². The van der Waals surface area contributed by atoms with Crippen LogP contribution >= 0.6 is 0 Å². The van der Waals surface area contributed by atoms with Gasteiger partial charge in [-0.25, -0.2) is 9.18 Å². The molecule has 6 heteroatoms. The van der Waals surface area contributed by atoms with Crippen molar-refractivity contribution in [2.75, 3.05) is 7.11 Å². The number of hydrogen-bond donors (Lipinski definition) is 2. The lowest BCUT2D eigenvalue weighted by Gasteiger charge is -2.11. The highest BCUT2D eigenvalue weighted by atomic mass is 19.1. The number of halogens is 1. The second-order valence-corrected chi connectivity index (χ2v) is 6.62.